The van der Waals surface area contributed by atoms with Crippen LogP contribution in [0.5, 0.6) is 0 Å². The molecule has 0 bridgehead atoms. The smallest absolute Gasteiger partial charge is 0.0241 e. The van der Waals surface area contributed by atoms with Crippen LogP contribution in [0, 0.1) is 11.8 Å². The zero-order chi connectivity index (χ0) is 8.84. The Hall–Kier alpha value is -0.980. The zero-order valence-electron chi connectivity index (χ0n) is 7.79. The molecule has 0 aromatic heterocycles. The molecular weight excluding hydrogens is 158 g/mol. The van der Waals surface area contributed by atoms with E-state index < -0.39 is 0 Å². The summed E-state index contributed by atoms with van der Waals surface area (Å²) in [6.07, 6.45) is 12.1. The first kappa shape index (κ1) is 7.43. The maximum atomic E-state index is 5.95. The van der Waals surface area contributed by atoms with Crippen LogP contribution in [0.15, 0.2) is 35.1 Å². The van der Waals surface area contributed by atoms with Gasteiger partial charge >= 0.3 is 0 Å². The second kappa shape index (κ2) is 2.50. The van der Waals surface area contributed by atoms with E-state index in [1.807, 2.05) is 0 Å². The van der Waals surface area contributed by atoms with Gasteiger partial charge in [0.1, 0.15) is 0 Å². The van der Waals surface area contributed by atoms with Crippen LogP contribution in [0.2, 0.25) is 0 Å². The fourth-order valence-electron chi connectivity index (χ4n) is 2.94. The van der Waals surface area contributed by atoms with Crippen molar-refractivity contribution in [2.75, 3.05) is 0 Å². The van der Waals surface area contributed by atoms with Crippen molar-refractivity contribution in [2.45, 2.75) is 25.7 Å². The van der Waals surface area contributed by atoms with Crippen LogP contribution in [0.3, 0.4) is 0 Å². The number of rotatable bonds is 0. The maximum absolute atomic E-state index is 5.95. The first-order chi connectivity index (χ1) is 6.34. The Morgan fingerprint density at radius 1 is 1.31 bits per heavy atom. The molecule has 0 radical (unpaired) electrons. The summed E-state index contributed by atoms with van der Waals surface area (Å²) in [6, 6.07) is 0. The lowest BCUT2D eigenvalue weighted by atomic mass is 9.80. The molecule has 0 aromatic carbocycles. The standard InChI is InChI=1S/C12H15N/c13-12-5-4-10-6-8-2-1-3-9(8)7-11(10)12/h4-6,9,11H,1-3,7,13H2. The van der Waals surface area contributed by atoms with Crippen LogP contribution in [0.4, 0.5) is 0 Å². The molecule has 3 rings (SSSR count). The van der Waals surface area contributed by atoms with E-state index in [-0.39, 0.29) is 0 Å². The van der Waals surface area contributed by atoms with Gasteiger partial charge in [-0.2, -0.15) is 0 Å². The van der Waals surface area contributed by atoms with E-state index in [2.05, 4.69) is 18.2 Å². The summed E-state index contributed by atoms with van der Waals surface area (Å²) in [5.41, 5.74) is 10.2. The zero-order valence-corrected chi connectivity index (χ0v) is 7.79. The van der Waals surface area contributed by atoms with Crippen molar-refractivity contribution < 1.29 is 0 Å². The van der Waals surface area contributed by atoms with Gasteiger partial charge in [-0.05, 0) is 43.3 Å². The van der Waals surface area contributed by atoms with Crippen molar-refractivity contribution in [3.8, 4) is 0 Å². The molecule has 2 N–H and O–H groups in total. The van der Waals surface area contributed by atoms with E-state index in [1.54, 1.807) is 5.57 Å². The average Bonchev–Trinajstić information content (AvgIpc) is 2.70. The van der Waals surface area contributed by atoms with Crippen molar-refractivity contribution in [1.82, 2.24) is 0 Å². The van der Waals surface area contributed by atoms with Gasteiger partial charge in [-0.15, -0.1) is 0 Å². The van der Waals surface area contributed by atoms with E-state index in [9.17, 15) is 0 Å². The quantitative estimate of drug-likeness (QED) is 0.598. The molecule has 2 atom stereocenters. The molecule has 1 fully saturated rings. The fraction of sp³-hybridized carbons (Fsp3) is 0.500. The fourth-order valence-corrected chi connectivity index (χ4v) is 2.94. The Balaban J connectivity index is 1.98. The minimum Gasteiger partial charge on any atom is -0.402 e. The van der Waals surface area contributed by atoms with Gasteiger partial charge in [-0.25, -0.2) is 0 Å². The summed E-state index contributed by atoms with van der Waals surface area (Å²) in [4.78, 5) is 0. The van der Waals surface area contributed by atoms with Gasteiger partial charge in [0, 0.05) is 11.6 Å². The molecule has 2 unspecified atom stereocenters. The van der Waals surface area contributed by atoms with Crippen LogP contribution >= 0.6 is 0 Å². The second-order valence-electron chi connectivity index (χ2n) is 4.43. The van der Waals surface area contributed by atoms with Gasteiger partial charge in [0.15, 0.2) is 0 Å². The summed E-state index contributed by atoms with van der Waals surface area (Å²) in [5.74, 6) is 1.42. The maximum Gasteiger partial charge on any atom is 0.0241 e. The molecule has 0 aromatic rings. The predicted octanol–water partition coefficient (Wildman–Crippen LogP) is 2.52. The summed E-state index contributed by atoms with van der Waals surface area (Å²) in [5, 5.41) is 0. The normalized spacial score (nSPS) is 36.2. The molecule has 1 heteroatoms. The highest BCUT2D eigenvalue weighted by atomic mass is 14.6. The molecule has 0 saturated heterocycles. The second-order valence-corrected chi connectivity index (χ2v) is 4.43. The summed E-state index contributed by atoms with van der Waals surface area (Å²) < 4.78 is 0. The molecule has 1 nitrogen and oxygen atoms in total. The Morgan fingerprint density at radius 3 is 3.15 bits per heavy atom. The van der Waals surface area contributed by atoms with Crippen LogP contribution < -0.4 is 5.73 Å². The van der Waals surface area contributed by atoms with Crippen molar-refractivity contribution >= 4 is 0 Å². The SMILES string of the molecule is NC1=CC=C2C=C3CCCC3CC12. The van der Waals surface area contributed by atoms with E-state index in [4.69, 9.17) is 5.73 Å². The molecule has 0 aliphatic heterocycles. The highest BCUT2D eigenvalue weighted by molar-refractivity contribution is 5.44. The Labute approximate surface area is 79.0 Å². The van der Waals surface area contributed by atoms with E-state index in [0.29, 0.717) is 5.92 Å². The molecule has 0 heterocycles. The molecule has 0 spiro atoms. The molecule has 0 amide bonds. The topological polar surface area (TPSA) is 26.0 Å². The average molecular weight is 173 g/mol. The largest absolute Gasteiger partial charge is 0.402 e. The van der Waals surface area contributed by atoms with Crippen LogP contribution in [0.1, 0.15) is 25.7 Å². The lowest BCUT2D eigenvalue weighted by Crippen LogP contribution is -2.18. The lowest BCUT2D eigenvalue weighted by molar-refractivity contribution is 0.487. The minimum atomic E-state index is 0.562. The van der Waals surface area contributed by atoms with Crippen molar-refractivity contribution in [1.29, 1.82) is 0 Å². The predicted molar refractivity (Wildman–Crippen MR) is 53.9 cm³/mol. The number of hydrogen-bond donors (Lipinski definition) is 1. The number of fused-ring (bicyclic) bond motifs is 2. The van der Waals surface area contributed by atoms with Crippen molar-refractivity contribution in [2.24, 2.45) is 17.6 Å². The molecular formula is C12H15N. The Kier molecular flexibility index (Phi) is 1.43. The Morgan fingerprint density at radius 2 is 2.23 bits per heavy atom. The third-order valence-electron chi connectivity index (χ3n) is 3.69. The first-order valence-corrected chi connectivity index (χ1v) is 5.22. The summed E-state index contributed by atoms with van der Waals surface area (Å²) in [6.45, 7) is 0. The van der Waals surface area contributed by atoms with E-state index in [0.717, 1.165) is 11.6 Å². The van der Waals surface area contributed by atoms with Gasteiger partial charge in [0.05, 0.1) is 0 Å². The third-order valence-corrected chi connectivity index (χ3v) is 3.69. The monoisotopic (exact) mass is 173 g/mol. The van der Waals surface area contributed by atoms with Crippen molar-refractivity contribution in [3.63, 3.8) is 0 Å². The lowest BCUT2D eigenvalue weighted by Gasteiger charge is -2.25. The number of nitrogens with two attached hydrogens (primary N) is 1. The van der Waals surface area contributed by atoms with E-state index in [1.165, 1.54) is 31.3 Å². The first-order valence-electron chi connectivity index (χ1n) is 5.22. The van der Waals surface area contributed by atoms with Gasteiger partial charge in [0.2, 0.25) is 0 Å². The van der Waals surface area contributed by atoms with Crippen molar-refractivity contribution in [3.05, 3.63) is 35.1 Å². The number of hydrogen-bond acceptors (Lipinski definition) is 1. The Bertz CT molecular complexity index is 333. The molecule has 3 aliphatic rings. The van der Waals surface area contributed by atoms with Gasteiger partial charge in [-0.1, -0.05) is 17.7 Å². The van der Waals surface area contributed by atoms with Gasteiger partial charge in [0.25, 0.3) is 0 Å². The minimum absolute atomic E-state index is 0.562. The summed E-state index contributed by atoms with van der Waals surface area (Å²) >= 11 is 0. The highest BCUT2D eigenvalue weighted by Gasteiger charge is 2.32. The van der Waals surface area contributed by atoms with Crippen LogP contribution in [-0.2, 0) is 0 Å². The van der Waals surface area contributed by atoms with Gasteiger partial charge in [-0.3, -0.25) is 0 Å². The number of allylic oxidation sites excluding steroid dienone is 5. The molecule has 13 heavy (non-hydrogen) atoms. The summed E-state index contributed by atoms with van der Waals surface area (Å²) in [7, 11) is 0. The molecule has 1 saturated carbocycles. The third kappa shape index (κ3) is 0.995. The van der Waals surface area contributed by atoms with Gasteiger partial charge < -0.3 is 5.73 Å². The van der Waals surface area contributed by atoms with E-state index >= 15 is 0 Å². The highest BCUT2D eigenvalue weighted by Crippen LogP contribution is 2.45. The molecule has 3 aliphatic carbocycles. The van der Waals surface area contributed by atoms with Crippen LogP contribution in [-0.4, -0.2) is 0 Å². The van der Waals surface area contributed by atoms with Crippen LogP contribution in [0.25, 0.3) is 0 Å². The molecule has 68 valence electrons.